The van der Waals surface area contributed by atoms with Crippen LogP contribution in [-0.2, 0) is 14.6 Å². The molecule has 1 unspecified atom stereocenters. The zero-order valence-electron chi connectivity index (χ0n) is 11.1. The van der Waals surface area contributed by atoms with E-state index in [1.807, 2.05) is 0 Å². The van der Waals surface area contributed by atoms with E-state index in [0.717, 1.165) is 25.0 Å². The van der Waals surface area contributed by atoms with Crippen molar-refractivity contribution in [1.82, 2.24) is 0 Å². The third-order valence-corrected chi connectivity index (χ3v) is 4.92. The predicted octanol–water partition coefficient (Wildman–Crippen LogP) is 2.13. The highest BCUT2D eigenvalue weighted by molar-refractivity contribution is 7.91. The number of piperidine rings is 1. The first-order valence-electron chi connectivity index (χ1n) is 6.45. The third kappa shape index (κ3) is 3.15. The average molecular weight is 319 g/mol. The molecule has 0 aromatic heterocycles. The van der Waals surface area contributed by atoms with Gasteiger partial charge in [0.2, 0.25) is 9.84 Å². The van der Waals surface area contributed by atoms with Crippen LogP contribution >= 0.6 is 0 Å². The lowest BCUT2D eigenvalue weighted by molar-refractivity contribution is -0.139. The lowest BCUT2D eigenvalue weighted by Crippen LogP contribution is -2.44. The number of anilines is 1. The van der Waals surface area contributed by atoms with E-state index in [1.54, 1.807) is 4.90 Å². The van der Waals surface area contributed by atoms with E-state index < -0.39 is 32.5 Å². The third-order valence-electron chi connectivity index (χ3n) is 3.52. The van der Waals surface area contributed by atoms with Crippen LogP contribution in [0.3, 0.4) is 0 Å². The predicted molar refractivity (Wildman–Crippen MR) is 72.3 cm³/mol. The van der Waals surface area contributed by atoms with E-state index in [-0.39, 0.29) is 0 Å². The van der Waals surface area contributed by atoms with Crippen molar-refractivity contribution in [2.75, 3.05) is 11.4 Å². The Morgan fingerprint density at radius 1 is 1.24 bits per heavy atom. The van der Waals surface area contributed by atoms with Crippen molar-refractivity contribution < 1.29 is 27.1 Å². The summed E-state index contributed by atoms with van der Waals surface area (Å²) in [4.78, 5) is 12.4. The number of sulfone groups is 1. The molecule has 5 nitrogen and oxygen atoms in total. The molecule has 0 amide bonds. The number of hydrogen-bond donors (Lipinski definition) is 1. The number of nitrogens with zero attached hydrogens (tertiary/aromatic N) is 1. The standard InChI is InChI=1S/C13H15F2NO4S/c14-13(15)21(19,20)10-6-4-9(5-7-10)16-8-2-1-3-11(16)12(17)18/h4-7,11,13H,1-3,8H2,(H,17,18). The van der Waals surface area contributed by atoms with Crippen LogP contribution in [0.4, 0.5) is 14.5 Å². The summed E-state index contributed by atoms with van der Waals surface area (Å²) < 4.78 is 47.6. The molecule has 1 atom stereocenters. The number of aliphatic carboxylic acids is 1. The van der Waals surface area contributed by atoms with Gasteiger partial charge >= 0.3 is 11.7 Å². The second kappa shape index (κ2) is 5.97. The summed E-state index contributed by atoms with van der Waals surface area (Å²) in [7, 11) is -4.62. The fraction of sp³-hybridized carbons (Fsp3) is 0.462. The molecule has 1 aromatic carbocycles. The molecule has 0 spiro atoms. The topological polar surface area (TPSA) is 74.7 Å². The van der Waals surface area contributed by atoms with Gasteiger partial charge in [0.25, 0.3) is 0 Å². The fourth-order valence-corrected chi connectivity index (χ4v) is 3.15. The van der Waals surface area contributed by atoms with E-state index in [1.165, 1.54) is 12.1 Å². The summed E-state index contributed by atoms with van der Waals surface area (Å²) in [6.07, 6.45) is 2.15. The monoisotopic (exact) mass is 319 g/mol. The summed E-state index contributed by atoms with van der Waals surface area (Å²) in [5.74, 6) is -4.41. The minimum atomic E-state index is -4.62. The molecular weight excluding hydrogens is 304 g/mol. The molecule has 1 N–H and O–H groups in total. The van der Waals surface area contributed by atoms with Gasteiger partial charge in [-0.1, -0.05) is 0 Å². The summed E-state index contributed by atoms with van der Waals surface area (Å²) in [5.41, 5.74) is 0.523. The second-order valence-electron chi connectivity index (χ2n) is 4.84. The van der Waals surface area contributed by atoms with Crippen molar-refractivity contribution in [3.05, 3.63) is 24.3 Å². The van der Waals surface area contributed by atoms with Crippen molar-refractivity contribution in [1.29, 1.82) is 0 Å². The molecule has 1 saturated heterocycles. The first-order chi connectivity index (χ1) is 9.84. The van der Waals surface area contributed by atoms with Crippen molar-refractivity contribution in [2.45, 2.75) is 36.0 Å². The van der Waals surface area contributed by atoms with Crippen LogP contribution in [0.15, 0.2) is 29.2 Å². The van der Waals surface area contributed by atoms with Crippen LogP contribution in [0.5, 0.6) is 0 Å². The van der Waals surface area contributed by atoms with Crippen LogP contribution in [0.2, 0.25) is 0 Å². The fourth-order valence-electron chi connectivity index (χ4n) is 2.43. The maximum Gasteiger partial charge on any atom is 0.341 e. The molecular formula is C13H15F2NO4S. The van der Waals surface area contributed by atoms with Crippen molar-refractivity contribution in [2.24, 2.45) is 0 Å². The van der Waals surface area contributed by atoms with Crippen molar-refractivity contribution >= 4 is 21.5 Å². The first-order valence-corrected chi connectivity index (χ1v) is 8.00. The van der Waals surface area contributed by atoms with Crippen LogP contribution in [0, 0.1) is 0 Å². The summed E-state index contributed by atoms with van der Waals surface area (Å²) in [5, 5.41) is 9.19. The van der Waals surface area contributed by atoms with Crippen LogP contribution in [-0.4, -0.2) is 37.8 Å². The van der Waals surface area contributed by atoms with Crippen LogP contribution in [0.1, 0.15) is 19.3 Å². The number of halogens is 2. The van der Waals surface area contributed by atoms with Gasteiger partial charge in [0.15, 0.2) is 0 Å². The zero-order chi connectivity index (χ0) is 15.6. The molecule has 8 heteroatoms. The van der Waals surface area contributed by atoms with E-state index in [4.69, 9.17) is 0 Å². The summed E-state index contributed by atoms with van der Waals surface area (Å²) in [6, 6.07) is 4.25. The smallest absolute Gasteiger partial charge is 0.341 e. The van der Waals surface area contributed by atoms with Crippen LogP contribution in [0.25, 0.3) is 0 Å². The largest absolute Gasteiger partial charge is 0.480 e. The van der Waals surface area contributed by atoms with Crippen LogP contribution < -0.4 is 4.90 Å². The van der Waals surface area contributed by atoms with E-state index in [0.29, 0.717) is 18.7 Å². The highest BCUT2D eigenvalue weighted by Crippen LogP contribution is 2.27. The van der Waals surface area contributed by atoms with Gasteiger partial charge in [-0.15, -0.1) is 0 Å². The molecule has 116 valence electrons. The number of alkyl halides is 2. The quantitative estimate of drug-likeness (QED) is 0.920. The lowest BCUT2D eigenvalue weighted by atomic mass is 10.0. The Morgan fingerprint density at radius 3 is 2.38 bits per heavy atom. The molecule has 2 rings (SSSR count). The average Bonchev–Trinajstić information content (AvgIpc) is 2.47. The number of carbonyl (C=O) groups is 1. The highest BCUT2D eigenvalue weighted by Gasteiger charge is 2.30. The van der Waals surface area contributed by atoms with Gasteiger partial charge < -0.3 is 10.0 Å². The van der Waals surface area contributed by atoms with E-state index in [2.05, 4.69) is 0 Å². The molecule has 21 heavy (non-hydrogen) atoms. The normalized spacial score (nSPS) is 19.8. The van der Waals surface area contributed by atoms with Gasteiger partial charge in [0, 0.05) is 12.2 Å². The van der Waals surface area contributed by atoms with Crippen molar-refractivity contribution in [3.8, 4) is 0 Å². The minimum Gasteiger partial charge on any atom is -0.480 e. The molecule has 0 bridgehead atoms. The molecule has 0 radical (unpaired) electrons. The lowest BCUT2D eigenvalue weighted by Gasteiger charge is -2.34. The number of hydrogen-bond acceptors (Lipinski definition) is 4. The van der Waals surface area contributed by atoms with Gasteiger partial charge in [-0.2, -0.15) is 8.78 Å². The van der Waals surface area contributed by atoms with Gasteiger partial charge in [-0.05, 0) is 43.5 Å². The Labute approximate surface area is 121 Å². The maximum atomic E-state index is 12.4. The molecule has 0 saturated carbocycles. The Balaban J connectivity index is 2.28. The molecule has 1 aliphatic rings. The molecule has 0 aliphatic carbocycles. The SMILES string of the molecule is O=C(O)C1CCCCN1c1ccc(S(=O)(=O)C(F)F)cc1. The van der Waals surface area contributed by atoms with Gasteiger partial charge in [0.05, 0.1) is 4.90 Å². The molecule has 1 heterocycles. The van der Waals surface area contributed by atoms with Gasteiger partial charge in [0.1, 0.15) is 6.04 Å². The molecule has 1 aliphatic heterocycles. The summed E-state index contributed by atoms with van der Waals surface area (Å²) in [6.45, 7) is 0.540. The number of rotatable bonds is 4. The summed E-state index contributed by atoms with van der Waals surface area (Å²) >= 11 is 0. The molecule has 1 fully saturated rings. The number of benzene rings is 1. The zero-order valence-corrected chi connectivity index (χ0v) is 11.9. The maximum absolute atomic E-state index is 12.4. The Morgan fingerprint density at radius 2 is 1.86 bits per heavy atom. The first kappa shape index (κ1) is 15.7. The van der Waals surface area contributed by atoms with E-state index >= 15 is 0 Å². The van der Waals surface area contributed by atoms with Gasteiger partial charge in [-0.25, -0.2) is 13.2 Å². The molecule has 1 aromatic rings. The Hall–Kier alpha value is -1.70. The number of carboxylic acids is 1. The minimum absolute atomic E-state index is 0.467. The Kier molecular flexibility index (Phi) is 4.46. The number of carboxylic acid groups (broad SMARTS) is 1. The van der Waals surface area contributed by atoms with Crippen molar-refractivity contribution in [3.63, 3.8) is 0 Å². The Bertz CT molecular complexity index is 616. The highest BCUT2D eigenvalue weighted by atomic mass is 32.2. The van der Waals surface area contributed by atoms with Gasteiger partial charge in [-0.3, -0.25) is 0 Å². The second-order valence-corrected chi connectivity index (χ2v) is 6.76. The van der Waals surface area contributed by atoms with E-state index in [9.17, 15) is 27.1 Å².